The Morgan fingerprint density at radius 3 is 2.00 bits per heavy atom. The maximum Gasteiger partial charge on any atom is 1.00 e. The molecule has 4 heteroatoms. The molecule has 0 aliphatic rings. The summed E-state index contributed by atoms with van der Waals surface area (Å²) in [4.78, 5) is 0. The van der Waals surface area contributed by atoms with E-state index in [1.807, 2.05) is 0 Å². The van der Waals surface area contributed by atoms with Crippen LogP contribution in [0, 0.1) is 0 Å². The molecule has 0 bridgehead atoms. The van der Waals surface area contributed by atoms with Gasteiger partial charge in [0.25, 0.3) is 0 Å². The van der Waals surface area contributed by atoms with E-state index in [0.717, 1.165) is 6.26 Å². The van der Waals surface area contributed by atoms with Crippen LogP contribution in [-0.2, 0) is 11.1 Å². The Labute approximate surface area is 57.0 Å². The Morgan fingerprint density at radius 1 is 2.00 bits per heavy atom. The van der Waals surface area contributed by atoms with Crippen molar-refractivity contribution in [3.8, 4) is 0 Å². The second-order valence-corrected chi connectivity index (χ2v) is 1.20. The van der Waals surface area contributed by atoms with Crippen molar-refractivity contribution in [1.29, 1.82) is 0 Å². The first-order valence-corrected chi connectivity index (χ1v) is 2.22. The molecule has 5 heavy (non-hydrogen) atoms. The van der Waals surface area contributed by atoms with Gasteiger partial charge in [-0.25, -0.2) is 0 Å². The first kappa shape index (κ1) is 9.44. The summed E-state index contributed by atoms with van der Waals surface area (Å²) in [5, 5.41) is 0. The molecule has 28 valence electrons. The molecule has 0 saturated carbocycles. The van der Waals surface area contributed by atoms with Crippen molar-refractivity contribution in [3.05, 3.63) is 0 Å². The molecule has 0 heterocycles. The molecule has 0 aromatic heterocycles. The zero-order valence-electron chi connectivity index (χ0n) is 3.22. The molecule has 1 atom stereocenters. The molecule has 0 aliphatic heterocycles. The summed E-state index contributed by atoms with van der Waals surface area (Å²) in [6.07, 6.45) is 1.08. The van der Waals surface area contributed by atoms with Crippen molar-refractivity contribution in [1.82, 2.24) is 0 Å². The SMILES string of the molecule is CS(=O)[O-].[HH].[Na+]. The summed E-state index contributed by atoms with van der Waals surface area (Å²) < 4.78 is 18.0. The van der Waals surface area contributed by atoms with Gasteiger partial charge in [0.05, 0.1) is 0 Å². The molecule has 1 unspecified atom stereocenters. The Bertz CT molecular complexity index is 36.5. The van der Waals surface area contributed by atoms with E-state index in [1.165, 1.54) is 0 Å². The van der Waals surface area contributed by atoms with Crippen LogP contribution in [0.3, 0.4) is 0 Å². The predicted octanol–water partition coefficient (Wildman–Crippen LogP) is -3.25. The third kappa shape index (κ3) is 40.1. The molecule has 0 aromatic carbocycles. The molecule has 0 amide bonds. The Balaban J connectivity index is -0.0000000450. The molecular formula is CH5NaO2S. The van der Waals surface area contributed by atoms with E-state index in [1.54, 1.807) is 0 Å². The average Bonchev–Trinajstić information content (AvgIpc) is 0.811. The summed E-state index contributed by atoms with van der Waals surface area (Å²) in [5.41, 5.74) is 0. The van der Waals surface area contributed by atoms with E-state index in [9.17, 15) is 0 Å². The number of hydrogen-bond acceptors (Lipinski definition) is 2. The van der Waals surface area contributed by atoms with Crippen LogP contribution in [0.2, 0.25) is 0 Å². The molecule has 0 aliphatic carbocycles. The third-order valence-corrected chi connectivity index (χ3v) is 0. The monoisotopic (exact) mass is 104 g/mol. The van der Waals surface area contributed by atoms with E-state index >= 15 is 0 Å². The van der Waals surface area contributed by atoms with Crippen molar-refractivity contribution in [2.75, 3.05) is 6.26 Å². The summed E-state index contributed by atoms with van der Waals surface area (Å²) in [7, 11) is 0. The average molecular weight is 104 g/mol. The Morgan fingerprint density at radius 2 is 2.00 bits per heavy atom. The van der Waals surface area contributed by atoms with Crippen molar-refractivity contribution in [3.63, 3.8) is 0 Å². The van der Waals surface area contributed by atoms with Crippen LogP contribution in [-0.4, -0.2) is 15.0 Å². The molecule has 0 saturated heterocycles. The van der Waals surface area contributed by atoms with Crippen molar-refractivity contribution in [2.24, 2.45) is 0 Å². The van der Waals surface area contributed by atoms with Gasteiger partial charge in [-0.1, -0.05) is 11.1 Å². The third-order valence-electron chi connectivity index (χ3n) is 0. The summed E-state index contributed by atoms with van der Waals surface area (Å²) in [6, 6.07) is 0. The first-order valence-electron chi connectivity index (χ1n) is 0.742. The van der Waals surface area contributed by atoms with Gasteiger partial charge in [-0.3, -0.25) is 4.21 Å². The van der Waals surface area contributed by atoms with Gasteiger partial charge in [-0.2, -0.15) is 0 Å². The van der Waals surface area contributed by atoms with Crippen LogP contribution in [0.1, 0.15) is 1.43 Å². The summed E-state index contributed by atoms with van der Waals surface area (Å²) >= 11 is -1.86. The van der Waals surface area contributed by atoms with Crippen LogP contribution in [0.15, 0.2) is 0 Å². The molecular weight excluding hydrogens is 99.1 g/mol. The van der Waals surface area contributed by atoms with Crippen LogP contribution >= 0.6 is 0 Å². The number of hydrogen-bond donors (Lipinski definition) is 0. The minimum absolute atomic E-state index is 0. The van der Waals surface area contributed by atoms with Gasteiger partial charge in [-0.15, -0.1) is 0 Å². The zero-order valence-corrected chi connectivity index (χ0v) is 6.04. The second-order valence-electron chi connectivity index (χ2n) is 0.401. The van der Waals surface area contributed by atoms with Gasteiger partial charge < -0.3 is 4.55 Å². The van der Waals surface area contributed by atoms with Gasteiger partial charge in [0.15, 0.2) is 0 Å². The van der Waals surface area contributed by atoms with E-state index in [2.05, 4.69) is 0 Å². The van der Waals surface area contributed by atoms with Crippen LogP contribution < -0.4 is 29.6 Å². The molecule has 0 aromatic rings. The van der Waals surface area contributed by atoms with E-state index in [0.29, 0.717) is 0 Å². The number of rotatable bonds is 0. The van der Waals surface area contributed by atoms with E-state index in [-0.39, 0.29) is 31.0 Å². The minimum atomic E-state index is -1.86. The van der Waals surface area contributed by atoms with E-state index < -0.39 is 11.1 Å². The van der Waals surface area contributed by atoms with Gasteiger partial charge in [0.2, 0.25) is 0 Å². The maximum absolute atomic E-state index is 9.00. The quantitative estimate of drug-likeness (QED) is 0.239. The summed E-state index contributed by atoms with van der Waals surface area (Å²) in [6.45, 7) is 0. The minimum Gasteiger partial charge on any atom is -0.773 e. The predicted molar refractivity (Wildman–Crippen MR) is 17.0 cm³/mol. The van der Waals surface area contributed by atoms with Crippen molar-refractivity contribution in [2.45, 2.75) is 0 Å². The van der Waals surface area contributed by atoms with Gasteiger partial charge in [0, 0.05) is 1.43 Å². The largest absolute Gasteiger partial charge is 1.00 e. The molecule has 0 fully saturated rings. The summed E-state index contributed by atoms with van der Waals surface area (Å²) in [5.74, 6) is 0. The standard InChI is InChI=1S/CH4O2S.Na.H2/c1-4(2)3;;/h1H3,(H,2,3);;1H/q;+1;/p-1. The van der Waals surface area contributed by atoms with E-state index in [4.69, 9.17) is 8.76 Å². The Hall–Kier alpha value is 1.11. The molecule has 0 radical (unpaired) electrons. The second kappa shape index (κ2) is 5.11. The first-order chi connectivity index (χ1) is 1.73. The fraction of sp³-hybridized carbons (Fsp3) is 1.00. The van der Waals surface area contributed by atoms with Gasteiger partial charge in [-0.05, 0) is 6.26 Å². The van der Waals surface area contributed by atoms with Crippen LogP contribution in [0.25, 0.3) is 0 Å². The molecule has 0 N–H and O–H groups in total. The molecule has 0 spiro atoms. The topological polar surface area (TPSA) is 40.1 Å². The Kier molecular flexibility index (Phi) is 9.65. The fourth-order valence-corrected chi connectivity index (χ4v) is 0. The van der Waals surface area contributed by atoms with Crippen molar-refractivity contribution < 1.29 is 39.7 Å². The molecule has 0 rings (SSSR count). The fourth-order valence-electron chi connectivity index (χ4n) is 0. The zero-order chi connectivity index (χ0) is 3.58. The van der Waals surface area contributed by atoms with Crippen LogP contribution in [0.4, 0.5) is 0 Å². The van der Waals surface area contributed by atoms with Crippen molar-refractivity contribution >= 4 is 11.1 Å². The normalized spacial score (nSPS) is 12.4. The van der Waals surface area contributed by atoms with Gasteiger partial charge in [0.1, 0.15) is 0 Å². The van der Waals surface area contributed by atoms with Crippen LogP contribution in [0.5, 0.6) is 0 Å². The maximum atomic E-state index is 9.00. The smallest absolute Gasteiger partial charge is 0.773 e. The van der Waals surface area contributed by atoms with Gasteiger partial charge >= 0.3 is 29.6 Å². The molecule has 2 nitrogen and oxygen atoms in total.